The van der Waals surface area contributed by atoms with Crippen molar-refractivity contribution >= 4 is 32.2 Å². The van der Waals surface area contributed by atoms with E-state index in [2.05, 4.69) is 24.6 Å². The molecule has 6 heteroatoms. The van der Waals surface area contributed by atoms with Crippen molar-refractivity contribution in [1.82, 2.24) is 9.55 Å². The summed E-state index contributed by atoms with van der Waals surface area (Å²) < 4.78 is 7.69. The molecule has 2 aromatic heterocycles. The van der Waals surface area contributed by atoms with E-state index in [1.807, 2.05) is 22.9 Å². The third kappa shape index (κ3) is 3.93. The Morgan fingerprint density at radius 3 is 2.79 bits per heavy atom. The average Bonchev–Trinajstić information content (AvgIpc) is 2.76. The predicted octanol–water partition coefficient (Wildman–Crippen LogP) is 1.59. The second-order valence-corrected chi connectivity index (χ2v) is 11.5. The fourth-order valence-corrected chi connectivity index (χ4v) is 2.55. The number of ether oxygens (including phenoxy) is 1. The van der Waals surface area contributed by atoms with Crippen LogP contribution in [0.15, 0.2) is 24.4 Å². The van der Waals surface area contributed by atoms with E-state index >= 15 is 0 Å². The highest BCUT2D eigenvalue weighted by atomic mass is 28.3. The maximum Gasteiger partial charge on any atom is 0.348 e. The van der Waals surface area contributed by atoms with E-state index in [4.69, 9.17) is 9.76 Å². The molecule has 101 valence electrons. The van der Waals surface area contributed by atoms with Crippen LogP contribution in [0.1, 0.15) is 0 Å². The molecule has 0 spiro atoms. The molecule has 0 aliphatic carbocycles. The summed E-state index contributed by atoms with van der Waals surface area (Å²) in [5, 5.41) is 10.1. The van der Waals surface area contributed by atoms with E-state index in [1.165, 1.54) is 0 Å². The third-order valence-corrected chi connectivity index (χ3v) is 4.70. The molecule has 0 saturated heterocycles. The highest BCUT2D eigenvalue weighted by Gasteiger charge is 2.12. The lowest BCUT2D eigenvalue weighted by Gasteiger charge is -2.15. The van der Waals surface area contributed by atoms with Gasteiger partial charge in [0.25, 0.3) is 0 Å². The molecule has 2 rings (SSSR count). The van der Waals surface area contributed by atoms with Crippen LogP contribution >= 0.6 is 0 Å². The van der Waals surface area contributed by atoms with Crippen molar-refractivity contribution in [2.24, 2.45) is 0 Å². The van der Waals surface area contributed by atoms with Crippen LogP contribution in [0.3, 0.4) is 0 Å². The van der Waals surface area contributed by atoms with Gasteiger partial charge in [0, 0.05) is 31.9 Å². The molecule has 2 heterocycles. The number of hydrogen-bond acceptors (Lipinski definition) is 3. The minimum atomic E-state index is -1.04. The summed E-state index contributed by atoms with van der Waals surface area (Å²) in [6.45, 7) is 8.32. The first-order valence-electron chi connectivity index (χ1n) is 6.51. The Morgan fingerprint density at radius 1 is 1.32 bits per heavy atom. The maximum absolute atomic E-state index is 9.01. The summed E-state index contributed by atoms with van der Waals surface area (Å²) in [4.78, 5) is 4.37. The largest absolute Gasteiger partial charge is 0.449 e. The van der Waals surface area contributed by atoms with Gasteiger partial charge < -0.3 is 14.3 Å². The molecule has 1 N–H and O–H groups in total. The first-order chi connectivity index (χ1) is 8.99. The molecule has 0 amide bonds. The molecular weight excluding hydrogens is 255 g/mol. The van der Waals surface area contributed by atoms with Crippen LogP contribution < -0.4 is 5.59 Å². The molecular formula is C13H20BN2O2Si. The van der Waals surface area contributed by atoms with Crippen LogP contribution in [0.4, 0.5) is 0 Å². The van der Waals surface area contributed by atoms with Crippen LogP contribution in [-0.4, -0.2) is 36.7 Å². The molecule has 19 heavy (non-hydrogen) atoms. The van der Waals surface area contributed by atoms with Crippen LogP contribution in [0.2, 0.25) is 25.7 Å². The van der Waals surface area contributed by atoms with Gasteiger partial charge in [-0.1, -0.05) is 25.7 Å². The van der Waals surface area contributed by atoms with Crippen LogP contribution in [0, 0.1) is 0 Å². The fraction of sp³-hybridized carbons (Fsp3) is 0.462. The van der Waals surface area contributed by atoms with E-state index in [0.717, 1.165) is 31.2 Å². The minimum absolute atomic E-state index is 0.510. The number of hydrogen-bond donors (Lipinski definition) is 1. The topological polar surface area (TPSA) is 47.3 Å². The summed E-state index contributed by atoms with van der Waals surface area (Å²) in [5.74, 6) is 0. The van der Waals surface area contributed by atoms with Gasteiger partial charge in [0.05, 0.1) is 0 Å². The minimum Gasteiger partial charge on any atom is -0.449 e. The van der Waals surface area contributed by atoms with Gasteiger partial charge in [-0.15, -0.1) is 0 Å². The lowest BCUT2D eigenvalue weighted by molar-refractivity contribution is 0.0899. The Kier molecular flexibility index (Phi) is 4.44. The van der Waals surface area contributed by atoms with E-state index in [1.54, 1.807) is 6.07 Å². The Hall–Kier alpha value is -1.11. The number of nitrogens with zero attached hydrogens (tertiary/aromatic N) is 2. The van der Waals surface area contributed by atoms with E-state index < -0.39 is 8.07 Å². The van der Waals surface area contributed by atoms with Gasteiger partial charge in [0.1, 0.15) is 12.4 Å². The van der Waals surface area contributed by atoms with Crippen molar-refractivity contribution in [1.29, 1.82) is 0 Å². The third-order valence-electron chi connectivity index (χ3n) is 2.99. The van der Waals surface area contributed by atoms with Crippen molar-refractivity contribution in [3.8, 4) is 0 Å². The van der Waals surface area contributed by atoms with Gasteiger partial charge in [0.2, 0.25) is 0 Å². The van der Waals surface area contributed by atoms with Gasteiger partial charge in [0.15, 0.2) is 0 Å². The standard InChI is InChI=1S/C13H20BN2O2Si/c1-19(2,3)9-8-18-10-16-7-6-11-4-5-12(14-17)15-13(11)16/h4-7,17H,8-10H2,1-3H3. The van der Waals surface area contributed by atoms with Gasteiger partial charge in [-0.3, -0.25) is 0 Å². The Labute approximate surface area is 115 Å². The number of aromatic nitrogens is 2. The average molecular weight is 275 g/mol. The number of fused-ring (bicyclic) bond motifs is 1. The van der Waals surface area contributed by atoms with Crippen LogP contribution in [0.25, 0.3) is 11.0 Å². The summed E-state index contributed by atoms with van der Waals surface area (Å²) in [5.41, 5.74) is 1.41. The monoisotopic (exact) mass is 275 g/mol. The summed E-state index contributed by atoms with van der Waals surface area (Å²) in [6, 6.07) is 6.91. The Balaban J connectivity index is 2.00. The highest BCUT2D eigenvalue weighted by molar-refractivity contribution is 6.76. The molecule has 0 fully saturated rings. The smallest absolute Gasteiger partial charge is 0.348 e. The SMILES string of the molecule is C[Si](C)(C)CCOCn1ccc2ccc([B]O)nc21. The molecule has 0 atom stereocenters. The Bertz CT molecular complexity index is 551. The van der Waals surface area contributed by atoms with Gasteiger partial charge in [-0.25, -0.2) is 4.98 Å². The first kappa shape index (κ1) is 14.3. The molecule has 0 bridgehead atoms. The van der Waals surface area contributed by atoms with E-state index in [9.17, 15) is 0 Å². The summed E-state index contributed by atoms with van der Waals surface area (Å²) in [7, 11) is -0.0189. The van der Waals surface area contributed by atoms with Crippen molar-refractivity contribution in [3.63, 3.8) is 0 Å². The zero-order valence-electron chi connectivity index (χ0n) is 11.8. The number of rotatable bonds is 6. The molecule has 0 aliphatic heterocycles. The second kappa shape index (κ2) is 5.90. The molecule has 0 aromatic carbocycles. The van der Waals surface area contributed by atoms with E-state index in [0.29, 0.717) is 12.3 Å². The van der Waals surface area contributed by atoms with Crippen molar-refractivity contribution in [2.45, 2.75) is 32.4 Å². The zero-order chi connectivity index (χ0) is 13.9. The molecule has 4 nitrogen and oxygen atoms in total. The van der Waals surface area contributed by atoms with Crippen molar-refractivity contribution in [3.05, 3.63) is 24.4 Å². The van der Waals surface area contributed by atoms with Crippen molar-refractivity contribution in [2.75, 3.05) is 6.61 Å². The molecule has 0 unspecified atom stereocenters. The van der Waals surface area contributed by atoms with E-state index in [-0.39, 0.29) is 0 Å². The highest BCUT2D eigenvalue weighted by Crippen LogP contribution is 2.12. The molecule has 0 saturated carbocycles. The quantitative estimate of drug-likeness (QED) is 0.643. The van der Waals surface area contributed by atoms with Gasteiger partial charge in [-0.2, -0.15) is 0 Å². The zero-order valence-corrected chi connectivity index (χ0v) is 12.8. The maximum atomic E-state index is 9.01. The summed E-state index contributed by atoms with van der Waals surface area (Å²) in [6.07, 6.45) is 1.97. The Morgan fingerprint density at radius 2 is 2.11 bits per heavy atom. The number of pyridine rings is 1. The predicted molar refractivity (Wildman–Crippen MR) is 81.4 cm³/mol. The second-order valence-electron chi connectivity index (χ2n) is 5.91. The fourth-order valence-electron chi connectivity index (χ4n) is 1.79. The lowest BCUT2D eigenvalue weighted by atomic mass is 9.95. The molecule has 1 radical (unpaired) electrons. The summed E-state index contributed by atoms with van der Waals surface area (Å²) >= 11 is 0. The lowest BCUT2D eigenvalue weighted by Crippen LogP contribution is -2.22. The van der Waals surface area contributed by atoms with Crippen LogP contribution in [-0.2, 0) is 11.5 Å². The molecule has 0 aliphatic rings. The van der Waals surface area contributed by atoms with Gasteiger partial charge in [-0.05, 0) is 18.2 Å². The van der Waals surface area contributed by atoms with Crippen molar-refractivity contribution < 1.29 is 9.76 Å². The first-order valence-corrected chi connectivity index (χ1v) is 10.2. The van der Waals surface area contributed by atoms with Crippen LogP contribution in [0.5, 0.6) is 0 Å². The van der Waals surface area contributed by atoms with Gasteiger partial charge >= 0.3 is 7.48 Å². The molecule has 2 aromatic rings. The normalized spacial score (nSPS) is 12.0.